The normalized spacial score (nSPS) is 24.4. The monoisotopic (exact) mass is 304 g/mol. The molecule has 2 heterocycles. The molecule has 0 spiro atoms. The number of rotatable bonds is 6. The van der Waals surface area contributed by atoms with Crippen LogP contribution in [0.1, 0.15) is 17.9 Å². The van der Waals surface area contributed by atoms with E-state index < -0.39 is 10.0 Å². The summed E-state index contributed by atoms with van der Waals surface area (Å²) in [6.07, 6.45) is 0.547. The second kappa shape index (κ2) is 6.21. The van der Waals surface area contributed by atoms with E-state index in [1.807, 2.05) is 0 Å². The van der Waals surface area contributed by atoms with Crippen molar-refractivity contribution in [1.29, 1.82) is 0 Å². The van der Waals surface area contributed by atoms with Gasteiger partial charge in [-0.3, -0.25) is 0 Å². The Hall–Kier alpha value is -0.960. The Morgan fingerprint density at radius 3 is 2.80 bits per heavy atom. The molecule has 1 saturated heterocycles. The molecule has 1 aliphatic rings. The average molecular weight is 304 g/mol. The number of aromatic nitrogens is 1. The van der Waals surface area contributed by atoms with Gasteiger partial charge in [-0.2, -0.15) is 4.31 Å². The number of hydrogen-bond donors (Lipinski definition) is 0. The van der Waals surface area contributed by atoms with Crippen LogP contribution in [0, 0.1) is 6.92 Å². The highest BCUT2D eigenvalue weighted by atomic mass is 32.2. The van der Waals surface area contributed by atoms with E-state index in [2.05, 4.69) is 5.16 Å². The quantitative estimate of drug-likeness (QED) is 0.763. The van der Waals surface area contributed by atoms with Gasteiger partial charge in [0.1, 0.15) is 17.2 Å². The van der Waals surface area contributed by atoms with Crippen LogP contribution in [-0.4, -0.2) is 57.4 Å². The highest BCUT2D eigenvalue weighted by Crippen LogP contribution is 2.25. The van der Waals surface area contributed by atoms with Crippen molar-refractivity contribution >= 4 is 10.0 Å². The van der Waals surface area contributed by atoms with Crippen LogP contribution in [0.3, 0.4) is 0 Å². The van der Waals surface area contributed by atoms with Crippen molar-refractivity contribution in [3.05, 3.63) is 17.5 Å². The van der Waals surface area contributed by atoms with Crippen LogP contribution in [0.2, 0.25) is 0 Å². The third-order valence-corrected chi connectivity index (χ3v) is 5.20. The van der Waals surface area contributed by atoms with Gasteiger partial charge in [0.15, 0.2) is 0 Å². The Kier molecular flexibility index (Phi) is 4.79. The van der Waals surface area contributed by atoms with Crippen molar-refractivity contribution in [2.45, 2.75) is 31.2 Å². The smallest absolute Gasteiger partial charge is 0.220 e. The fraction of sp³-hybridized carbons (Fsp3) is 0.750. The first kappa shape index (κ1) is 15.4. The zero-order valence-electron chi connectivity index (χ0n) is 11.9. The van der Waals surface area contributed by atoms with E-state index >= 15 is 0 Å². The maximum Gasteiger partial charge on any atom is 0.220 e. The minimum Gasteiger partial charge on any atom is -0.383 e. The molecule has 0 radical (unpaired) electrons. The molecule has 8 heteroatoms. The van der Waals surface area contributed by atoms with E-state index in [0.29, 0.717) is 31.0 Å². The lowest BCUT2D eigenvalue weighted by Gasteiger charge is -2.22. The van der Waals surface area contributed by atoms with Gasteiger partial charge in [0.2, 0.25) is 10.0 Å². The summed E-state index contributed by atoms with van der Waals surface area (Å²) in [6, 6.07) is 1.44. The Labute approximate surface area is 118 Å². The molecule has 1 aromatic heterocycles. The first-order valence-electron chi connectivity index (χ1n) is 6.39. The molecular formula is C12H20N2O5S. The van der Waals surface area contributed by atoms with E-state index in [4.69, 9.17) is 14.0 Å². The standard InChI is InChI=1S/C12H20N2O5S/c1-9-4-10(13-19-9)8-20(15,16)14-6-12(18-3)5-11(14)7-17-2/h4,11-12H,5-8H2,1-3H3/t11-,12-/m0/s1. The largest absolute Gasteiger partial charge is 0.383 e. The Balaban J connectivity index is 2.14. The summed E-state index contributed by atoms with van der Waals surface area (Å²) in [5, 5.41) is 3.74. The van der Waals surface area contributed by atoms with Gasteiger partial charge in [0.05, 0.1) is 18.8 Å². The second-order valence-corrected chi connectivity index (χ2v) is 6.88. The van der Waals surface area contributed by atoms with E-state index in [1.54, 1.807) is 27.2 Å². The topological polar surface area (TPSA) is 81.9 Å². The fourth-order valence-electron chi connectivity index (χ4n) is 2.46. The number of ether oxygens (including phenoxy) is 2. The Bertz CT molecular complexity index is 542. The summed E-state index contributed by atoms with van der Waals surface area (Å²) in [7, 11) is -0.313. The molecule has 1 fully saturated rings. The van der Waals surface area contributed by atoms with Crippen LogP contribution < -0.4 is 0 Å². The number of methoxy groups -OCH3 is 2. The lowest BCUT2D eigenvalue weighted by atomic mass is 10.2. The molecule has 1 aromatic rings. The van der Waals surface area contributed by atoms with Crippen molar-refractivity contribution in [2.24, 2.45) is 0 Å². The van der Waals surface area contributed by atoms with Crippen molar-refractivity contribution in [1.82, 2.24) is 9.46 Å². The van der Waals surface area contributed by atoms with E-state index in [0.717, 1.165) is 0 Å². The van der Waals surface area contributed by atoms with Gasteiger partial charge in [0, 0.05) is 26.8 Å². The molecule has 0 bridgehead atoms. The van der Waals surface area contributed by atoms with E-state index in [9.17, 15) is 8.42 Å². The third-order valence-electron chi connectivity index (χ3n) is 3.38. The fourth-order valence-corrected chi connectivity index (χ4v) is 4.13. The second-order valence-electron chi connectivity index (χ2n) is 4.96. The van der Waals surface area contributed by atoms with Crippen molar-refractivity contribution in [3.63, 3.8) is 0 Å². The number of hydrogen-bond acceptors (Lipinski definition) is 6. The van der Waals surface area contributed by atoms with Crippen LogP contribution >= 0.6 is 0 Å². The molecule has 2 atom stereocenters. The summed E-state index contributed by atoms with van der Waals surface area (Å²) >= 11 is 0. The first-order chi connectivity index (χ1) is 9.46. The maximum absolute atomic E-state index is 12.5. The van der Waals surface area contributed by atoms with Crippen LogP contribution in [0.4, 0.5) is 0 Å². The van der Waals surface area contributed by atoms with Gasteiger partial charge < -0.3 is 14.0 Å². The van der Waals surface area contributed by atoms with E-state index in [1.165, 1.54) is 4.31 Å². The van der Waals surface area contributed by atoms with Gasteiger partial charge in [-0.15, -0.1) is 0 Å². The zero-order chi connectivity index (χ0) is 14.8. The highest BCUT2D eigenvalue weighted by Gasteiger charge is 2.39. The van der Waals surface area contributed by atoms with Gasteiger partial charge in [0.25, 0.3) is 0 Å². The molecule has 0 aromatic carbocycles. The van der Waals surface area contributed by atoms with Gasteiger partial charge in [-0.25, -0.2) is 8.42 Å². The molecule has 0 N–H and O–H groups in total. The molecule has 0 saturated carbocycles. The van der Waals surface area contributed by atoms with Crippen molar-refractivity contribution in [3.8, 4) is 0 Å². The lowest BCUT2D eigenvalue weighted by Crippen LogP contribution is -2.39. The molecule has 114 valence electrons. The summed E-state index contributed by atoms with van der Waals surface area (Å²) in [4.78, 5) is 0. The summed E-state index contributed by atoms with van der Waals surface area (Å²) in [5.41, 5.74) is 0.416. The summed E-state index contributed by atoms with van der Waals surface area (Å²) in [6.45, 7) is 2.44. The highest BCUT2D eigenvalue weighted by molar-refractivity contribution is 7.88. The van der Waals surface area contributed by atoms with Gasteiger partial charge >= 0.3 is 0 Å². The molecule has 20 heavy (non-hydrogen) atoms. The van der Waals surface area contributed by atoms with Crippen LogP contribution in [0.25, 0.3) is 0 Å². The molecule has 0 amide bonds. The van der Waals surface area contributed by atoms with Crippen molar-refractivity contribution in [2.75, 3.05) is 27.4 Å². The maximum atomic E-state index is 12.5. The number of sulfonamides is 1. The average Bonchev–Trinajstić information content (AvgIpc) is 2.96. The minimum atomic E-state index is -3.46. The van der Waals surface area contributed by atoms with Crippen LogP contribution in [0.15, 0.2) is 10.6 Å². The SMILES string of the molecule is COC[C@@H]1C[C@H](OC)CN1S(=O)(=O)Cc1cc(C)on1. The Morgan fingerprint density at radius 2 is 2.25 bits per heavy atom. The molecule has 1 aliphatic heterocycles. The zero-order valence-corrected chi connectivity index (χ0v) is 12.7. The first-order valence-corrected chi connectivity index (χ1v) is 8.00. The third kappa shape index (κ3) is 3.38. The molecular weight excluding hydrogens is 284 g/mol. The van der Waals surface area contributed by atoms with Crippen molar-refractivity contribution < 1.29 is 22.4 Å². The molecule has 0 unspecified atom stereocenters. The van der Waals surface area contributed by atoms with E-state index in [-0.39, 0.29) is 17.9 Å². The lowest BCUT2D eigenvalue weighted by molar-refractivity contribution is 0.110. The molecule has 2 rings (SSSR count). The predicted molar refractivity (Wildman–Crippen MR) is 71.6 cm³/mol. The Morgan fingerprint density at radius 1 is 1.50 bits per heavy atom. The van der Waals surface area contributed by atoms with Gasteiger partial charge in [-0.05, 0) is 13.3 Å². The number of aryl methyl sites for hydroxylation is 1. The molecule has 0 aliphatic carbocycles. The van der Waals surface area contributed by atoms with Crippen LogP contribution in [0.5, 0.6) is 0 Å². The predicted octanol–water partition coefficient (Wildman–Crippen LogP) is 0.549. The number of nitrogens with zero attached hydrogens (tertiary/aromatic N) is 2. The molecule has 7 nitrogen and oxygen atoms in total. The summed E-state index contributed by atoms with van der Waals surface area (Å²) in [5.74, 6) is 0.431. The van der Waals surface area contributed by atoms with Crippen LogP contribution in [-0.2, 0) is 25.2 Å². The minimum absolute atomic E-state index is 0.0935. The summed E-state index contributed by atoms with van der Waals surface area (Å²) < 4.78 is 41.7. The van der Waals surface area contributed by atoms with Gasteiger partial charge in [-0.1, -0.05) is 5.16 Å².